The minimum Gasteiger partial charge on any atom is -0.467 e. The van der Waals surface area contributed by atoms with E-state index in [1.165, 1.54) is 6.26 Å². The van der Waals surface area contributed by atoms with Crippen LogP contribution in [0.5, 0.6) is 0 Å². The summed E-state index contributed by atoms with van der Waals surface area (Å²) in [7, 11) is 0. The van der Waals surface area contributed by atoms with Crippen LogP contribution in [0.3, 0.4) is 0 Å². The number of furan rings is 1. The van der Waals surface area contributed by atoms with Crippen molar-refractivity contribution in [3.8, 4) is 6.07 Å². The highest BCUT2D eigenvalue weighted by Gasteiger charge is 2.26. The lowest BCUT2D eigenvalue weighted by atomic mass is 9.95. The largest absolute Gasteiger partial charge is 0.467 e. The molecule has 0 saturated heterocycles. The second kappa shape index (κ2) is 3.97. The van der Waals surface area contributed by atoms with E-state index in [9.17, 15) is 4.79 Å². The molecule has 0 atom stereocenters. The van der Waals surface area contributed by atoms with E-state index in [1.807, 2.05) is 6.07 Å². The number of rotatable bonds is 3. The van der Waals surface area contributed by atoms with Gasteiger partial charge in [0.1, 0.15) is 11.2 Å². The summed E-state index contributed by atoms with van der Waals surface area (Å²) in [5.74, 6) is 0.378. The molecule has 0 fully saturated rings. The topological polar surface area (TPSA) is 66.0 Å². The minimum atomic E-state index is -0.993. The molecular formula is C10H12N2O2. The predicted molar refractivity (Wildman–Crippen MR) is 49.9 cm³/mol. The summed E-state index contributed by atoms with van der Waals surface area (Å²) in [6, 6.07) is 5.44. The smallest absolute Gasteiger partial charge is 0.240 e. The Morgan fingerprint density at radius 3 is 2.93 bits per heavy atom. The Hall–Kier alpha value is -1.76. The van der Waals surface area contributed by atoms with E-state index in [0.717, 1.165) is 0 Å². The van der Waals surface area contributed by atoms with Crippen LogP contribution in [-0.2, 0) is 11.3 Å². The van der Waals surface area contributed by atoms with Gasteiger partial charge in [0.05, 0.1) is 18.9 Å². The fourth-order valence-electron chi connectivity index (χ4n) is 0.852. The first-order valence-electron chi connectivity index (χ1n) is 4.28. The predicted octanol–water partition coefficient (Wildman–Crippen LogP) is 1.45. The second-order valence-electron chi connectivity index (χ2n) is 3.50. The van der Waals surface area contributed by atoms with E-state index in [1.54, 1.807) is 26.0 Å². The fourth-order valence-corrected chi connectivity index (χ4v) is 0.852. The van der Waals surface area contributed by atoms with Crippen LogP contribution in [0.4, 0.5) is 0 Å². The molecule has 74 valence electrons. The van der Waals surface area contributed by atoms with Gasteiger partial charge in [0.25, 0.3) is 0 Å². The zero-order valence-corrected chi connectivity index (χ0v) is 8.20. The van der Waals surface area contributed by atoms with E-state index in [-0.39, 0.29) is 5.91 Å². The number of nitrogens with zero attached hydrogens (tertiary/aromatic N) is 1. The van der Waals surface area contributed by atoms with E-state index in [2.05, 4.69) is 5.32 Å². The van der Waals surface area contributed by atoms with Crippen LogP contribution < -0.4 is 5.32 Å². The molecule has 14 heavy (non-hydrogen) atoms. The number of nitriles is 1. The second-order valence-corrected chi connectivity index (χ2v) is 3.50. The molecule has 4 nitrogen and oxygen atoms in total. The lowest BCUT2D eigenvalue weighted by molar-refractivity contribution is -0.127. The van der Waals surface area contributed by atoms with Crippen LogP contribution in [0.2, 0.25) is 0 Å². The van der Waals surface area contributed by atoms with Gasteiger partial charge in [-0.15, -0.1) is 0 Å². The normalized spacial score (nSPS) is 10.6. The Labute approximate surface area is 82.5 Å². The maximum Gasteiger partial charge on any atom is 0.240 e. The van der Waals surface area contributed by atoms with Crippen molar-refractivity contribution < 1.29 is 9.21 Å². The summed E-state index contributed by atoms with van der Waals surface area (Å²) in [6.07, 6.45) is 1.54. The molecule has 0 aliphatic carbocycles. The van der Waals surface area contributed by atoms with Gasteiger partial charge in [-0.25, -0.2) is 0 Å². The van der Waals surface area contributed by atoms with Crippen molar-refractivity contribution in [3.05, 3.63) is 24.2 Å². The van der Waals surface area contributed by atoms with Crippen LogP contribution in [-0.4, -0.2) is 5.91 Å². The third-order valence-electron chi connectivity index (χ3n) is 1.85. The molecule has 0 aliphatic rings. The fraction of sp³-hybridized carbons (Fsp3) is 0.400. The van der Waals surface area contributed by atoms with Gasteiger partial charge in [0, 0.05) is 0 Å². The zero-order chi connectivity index (χ0) is 10.6. The summed E-state index contributed by atoms with van der Waals surface area (Å²) < 4.78 is 5.03. The van der Waals surface area contributed by atoms with Crippen molar-refractivity contribution in [3.63, 3.8) is 0 Å². The van der Waals surface area contributed by atoms with Gasteiger partial charge in [0.15, 0.2) is 0 Å². The number of hydrogen-bond donors (Lipinski definition) is 1. The lowest BCUT2D eigenvalue weighted by Gasteiger charge is -2.13. The Bertz CT molecular complexity index is 347. The molecule has 0 aromatic carbocycles. The Balaban J connectivity index is 2.48. The molecule has 0 spiro atoms. The summed E-state index contributed by atoms with van der Waals surface area (Å²) in [5, 5.41) is 11.3. The molecule has 4 heteroatoms. The number of carbonyl (C=O) groups is 1. The maximum absolute atomic E-state index is 11.4. The van der Waals surface area contributed by atoms with Gasteiger partial charge < -0.3 is 9.73 Å². The number of amides is 1. The average Bonchev–Trinajstić information content (AvgIpc) is 2.66. The zero-order valence-electron chi connectivity index (χ0n) is 8.20. The highest BCUT2D eigenvalue weighted by atomic mass is 16.3. The molecule has 0 bridgehead atoms. The van der Waals surface area contributed by atoms with Gasteiger partial charge in [-0.05, 0) is 26.0 Å². The SMILES string of the molecule is CC(C)(C#N)C(=O)NCc1ccco1. The number of nitrogens with one attached hydrogen (secondary N) is 1. The van der Waals surface area contributed by atoms with Crippen LogP contribution in [0.25, 0.3) is 0 Å². The first kappa shape index (κ1) is 10.3. The average molecular weight is 192 g/mol. The highest BCUT2D eigenvalue weighted by molar-refractivity contribution is 5.84. The quantitative estimate of drug-likeness (QED) is 0.788. The molecule has 1 heterocycles. The summed E-state index contributed by atoms with van der Waals surface area (Å²) >= 11 is 0. The summed E-state index contributed by atoms with van der Waals surface area (Å²) in [4.78, 5) is 11.4. The van der Waals surface area contributed by atoms with Crippen molar-refractivity contribution in [2.45, 2.75) is 20.4 Å². The molecule has 1 aromatic rings. The summed E-state index contributed by atoms with van der Waals surface area (Å²) in [6.45, 7) is 3.46. The monoisotopic (exact) mass is 192 g/mol. The molecule has 0 unspecified atom stereocenters. The van der Waals surface area contributed by atoms with Crippen molar-refractivity contribution in [1.29, 1.82) is 5.26 Å². The standard InChI is InChI=1S/C10H12N2O2/c1-10(2,7-11)9(13)12-6-8-4-3-5-14-8/h3-5H,6H2,1-2H3,(H,12,13). The van der Waals surface area contributed by atoms with Gasteiger partial charge in [0.2, 0.25) is 5.91 Å². The van der Waals surface area contributed by atoms with Crippen molar-refractivity contribution in [2.75, 3.05) is 0 Å². The first-order valence-corrected chi connectivity index (χ1v) is 4.28. The summed E-state index contributed by atoms with van der Waals surface area (Å²) in [5.41, 5.74) is -0.993. The van der Waals surface area contributed by atoms with E-state index >= 15 is 0 Å². The van der Waals surface area contributed by atoms with E-state index in [0.29, 0.717) is 12.3 Å². The van der Waals surface area contributed by atoms with Crippen LogP contribution in [0.15, 0.2) is 22.8 Å². The van der Waals surface area contributed by atoms with Gasteiger partial charge in [-0.3, -0.25) is 4.79 Å². The Morgan fingerprint density at radius 2 is 2.43 bits per heavy atom. The highest BCUT2D eigenvalue weighted by Crippen LogP contribution is 2.13. The number of carbonyl (C=O) groups excluding carboxylic acids is 1. The molecule has 1 rings (SSSR count). The van der Waals surface area contributed by atoms with Crippen molar-refractivity contribution in [1.82, 2.24) is 5.32 Å². The molecular weight excluding hydrogens is 180 g/mol. The van der Waals surface area contributed by atoms with Crippen molar-refractivity contribution >= 4 is 5.91 Å². The number of hydrogen-bond acceptors (Lipinski definition) is 3. The van der Waals surface area contributed by atoms with E-state index < -0.39 is 5.41 Å². The van der Waals surface area contributed by atoms with E-state index in [4.69, 9.17) is 9.68 Å². The Kier molecular flexibility index (Phi) is 2.92. The molecule has 0 aliphatic heterocycles. The van der Waals surface area contributed by atoms with Crippen LogP contribution in [0, 0.1) is 16.7 Å². The van der Waals surface area contributed by atoms with Crippen LogP contribution >= 0.6 is 0 Å². The van der Waals surface area contributed by atoms with Gasteiger partial charge in [-0.2, -0.15) is 5.26 Å². The van der Waals surface area contributed by atoms with Crippen molar-refractivity contribution in [2.24, 2.45) is 5.41 Å². The molecule has 1 amide bonds. The molecule has 1 aromatic heterocycles. The van der Waals surface area contributed by atoms with Gasteiger partial charge >= 0.3 is 0 Å². The lowest BCUT2D eigenvalue weighted by Crippen LogP contribution is -2.35. The molecule has 0 saturated carbocycles. The third kappa shape index (κ3) is 2.36. The van der Waals surface area contributed by atoms with Crippen LogP contribution in [0.1, 0.15) is 19.6 Å². The molecule has 1 N–H and O–H groups in total. The third-order valence-corrected chi connectivity index (χ3v) is 1.85. The minimum absolute atomic E-state index is 0.295. The van der Waals surface area contributed by atoms with Gasteiger partial charge in [-0.1, -0.05) is 0 Å². The Morgan fingerprint density at radius 1 is 1.71 bits per heavy atom. The first-order chi connectivity index (χ1) is 6.56. The maximum atomic E-state index is 11.4. The molecule has 0 radical (unpaired) electrons.